The molecule has 146 valence electrons. The maximum absolute atomic E-state index is 12.7. The van der Waals surface area contributed by atoms with E-state index in [0.29, 0.717) is 18.8 Å². The molecule has 0 saturated heterocycles. The summed E-state index contributed by atoms with van der Waals surface area (Å²) < 4.78 is 28.8. The monoisotopic (exact) mass is 382 g/mol. The van der Waals surface area contributed by atoms with E-state index < -0.39 is 15.4 Å². The fraction of sp³-hybridized carbons (Fsp3) is 0.632. The predicted octanol–water partition coefficient (Wildman–Crippen LogP) is 2.49. The first-order valence-electron chi connectivity index (χ1n) is 9.15. The van der Waals surface area contributed by atoms with Gasteiger partial charge in [-0.2, -0.15) is 8.42 Å². The average Bonchev–Trinajstić information content (AvgIpc) is 2.50. The molecule has 7 heteroatoms. The van der Waals surface area contributed by atoms with Crippen molar-refractivity contribution in [2.24, 2.45) is 5.92 Å². The van der Waals surface area contributed by atoms with Gasteiger partial charge in [-0.15, -0.1) is 0 Å². The topological polar surface area (TPSA) is 66.9 Å². The van der Waals surface area contributed by atoms with Crippen LogP contribution in [0.3, 0.4) is 0 Å². The highest BCUT2D eigenvalue weighted by Gasteiger charge is 2.29. The van der Waals surface area contributed by atoms with Crippen molar-refractivity contribution in [1.82, 2.24) is 9.80 Å². The standard InChI is InChI=1S/C19H30N2O4S/c1-15(2)26(23,24)25-18-10-8-16(9-11-18)14-21(13-12-20(3)4)19(22)17-6-5-7-17/h8-11,15,17H,5-7,12-14H2,1-4H3. The summed E-state index contributed by atoms with van der Waals surface area (Å²) in [5.74, 6) is 0.685. The Labute approximate surface area is 157 Å². The third-order valence-corrected chi connectivity index (χ3v) is 6.25. The quantitative estimate of drug-likeness (QED) is 0.614. The molecule has 0 aliphatic heterocycles. The SMILES string of the molecule is CC(C)S(=O)(=O)Oc1ccc(CN(CCN(C)C)C(=O)C2CCC2)cc1. The summed E-state index contributed by atoms with van der Waals surface area (Å²) in [5, 5.41) is -0.594. The summed E-state index contributed by atoms with van der Waals surface area (Å²) in [4.78, 5) is 16.6. The highest BCUT2D eigenvalue weighted by atomic mass is 32.2. The molecule has 0 aromatic heterocycles. The summed E-state index contributed by atoms with van der Waals surface area (Å²) in [5.41, 5.74) is 0.964. The summed E-state index contributed by atoms with van der Waals surface area (Å²) in [6.07, 6.45) is 3.10. The minimum atomic E-state index is -3.60. The molecule has 1 aliphatic rings. The first kappa shape index (κ1) is 20.7. The van der Waals surface area contributed by atoms with E-state index in [9.17, 15) is 13.2 Å². The Morgan fingerprint density at radius 3 is 2.23 bits per heavy atom. The van der Waals surface area contributed by atoms with E-state index in [1.54, 1.807) is 26.0 Å². The molecule has 1 aromatic rings. The van der Waals surface area contributed by atoms with Gasteiger partial charge in [0.1, 0.15) is 5.75 Å². The van der Waals surface area contributed by atoms with Crippen LogP contribution >= 0.6 is 0 Å². The first-order chi connectivity index (χ1) is 12.2. The van der Waals surface area contributed by atoms with Gasteiger partial charge in [-0.1, -0.05) is 18.6 Å². The van der Waals surface area contributed by atoms with E-state index in [2.05, 4.69) is 4.90 Å². The molecule has 1 saturated carbocycles. The lowest BCUT2D eigenvalue weighted by Gasteiger charge is -2.32. The second-order valence-electron chi connectivity index (χ2n) is 7.46. The zero-order valence-corrected chi connectivity index (χ0v) is 17.0. The highest BCUT2D eigenvalue weighted by molar-refractivity contribution is 7.87. The molecular weight excluding hydrogens is 352 g/mol. The van der Waals surface area contributed by atoms with E-state index in [1.807, 2.05) is 31.1 Å². The minimum Gasteiger partial charge on any atom is -0.382 e. The number of carbonyl (C=O) groups excluding carboxylic acids is 1. The second kappa shape index (κ2) is 8.86. The summed E-state index contributed by atoms with van der Waals surface area (Å²) in [6, 6.07) is 6.93. The number of rotatable bonds is 9. The van der Waals surface area contributed by atoms with Crippen LogP contribution in [-0.4, -0.2) is 56.6 Å². The van der Waals surface area contributed by atoms with Gasteiger partial charge in [0.25, 0.3) is 0 Å². The van der Waals surface area contributed by atoms with Crippen LogP contribution in [-0.2, 0) is 21.5 Å². The normalized spacial score (nSPS) is 15.2. The molecule has 0 bridgehead atoms. The fourth-order valence-corrected chi connectivity index (χ4v) is 3.17. The van der Waals surface area contributed by atoms with Gasteiger partial charge in [-0.05, 0) is 58.5 Å². The average molecular weight is 383 g/mol. The molecule has 1 aliphatic carbocycles. The van der Waals surface area contributed by atoms with Crippen LogP contribution in [0, 0.1) is 5.92 Å². The van der Waals surface area contributed by atoms with Gasteiger partial charge < -0.3 is 14.0 Å². The Morgan fingerprint density at radius 1 is 1.15 bits per heavy atom. The molecule has 26 heavy (non-hydrogen) atoms. The van der Waals surface area contributed by atoms with Gasteiger partial charge in [0.15, 0.2) is 0 Å². The first-order valence-corrected chi connectivity index (χ1v) is 10.6. The van der Waals surface area contributed by atoms with E-state index in [4.69, 9.17) is 4.18 Å². The second-order valence-corrected chi connectivity index (χ2v) is 9.55. The van der Waals surface area contributed by atoms with E-state index in [-0.39, 0.29) is 11.8 Å². The van der Waals surface area contributed by atoms with E-state index >= 15 is 0 Å². The predicted molar refractivity (Wildman–Crippen MR) is 102 cm³/mol. The minimum absolute atomic E-state index is 0.163. The molecule has 1 aromatic carbocycles. The van der Waals surface area contributed by atoms with Gasteiger partial charge >= 0.3 is 10.1 Å². The highest BCUT2D eigenvalue weighted by Crippen LogP contribution is 2.29. The van der Waals surface area contributed by atoms with Gasteiger partial charge in [-0.25, -0.2) is 0 Å². The number of likely N-dealkylation sites (N-methyl/N-ethyl adjacent to an activating group) is 1. The summed E-state index contributed by atoms with van der Waals surface area (Å²) >= 11 is 0. The number of carbonyl (C=O) groups is 1. The van der Waals surface area contributed by atoms with Crippen molar-refractivity contribution < 1.29 is 17.4 Å². The molecule has 6 nitrogen and oxygen atoms in total. The largest absolute Gasteiger partial charge is 0.382 e. The Balaban J connectivity index is 2.03. The van der Waals surface area contributed by atoms with Crippen molar-refractivity contribution in [3.8, 4) is 5.75 Å². The molecule has 0 spiro atoms. The van der Waals surface area contributed by atoms with Crippen molar-refractivity contribution in [2.45, 2.75) is 44.9 Å². The van der Waals surface area contributed by atoms with Crippen LogP contribution < -0.4 is 4.18 Å². The number of amides is 1. The lowest BCUT2D eigenvalue weighted by atomic mass is 9.84. The van der Waals surface area contributed by atoms with Crippen molar-refractivity contribution in [3.05, 3.63) is 29.8 Å². The Kier molecular flexibility index (Phi) is 7.06. The van der Waals surface area contributed by atoms with E-state index in [0.717, 1.165) is 31.4 Å². The number of nitrogens with zero attached hydrogens (tertiary/aromatic N) is 2. The van der Waals surface area contributed by atoms with Crippen LogP contribution in [0.5, 0.6) is 5.75 Å². The third kappa shape index (κ3) is 5.71. The molecular formula is C19H30N2O4S. The van der Waals surface area contributed by atoms with Crippen LogP contribution in [0.15, 0.2) is 24.3 Å². The molecule has 2 rings (SSSR count). The van der Waals surface area contributed by atoms with Crippen molar-refractivity contribution in [3.63, 3.8) is 0 Å². The lowest BCUT2D eigenvalue weighted by molar-refractivity contribution is -0.139. The zero-order valence-electron chi connectivity index (χ0n) is 16.1. The van der Waals surface area contributed by atoms with Crippen LogP contribution in [0.25, 0.3) is 0 Å². The number of benzene rings is 1. The smallest absolute Gasteiger partial charge is 0.311 e. The van der Waals surface area contributed by atoms with Gasteiger partial charge in [-0.3, -0.25) is 4.79 Å². The maximum atomic E-state index is 12.7. The number of hydrogen-bond acceptors (Lipinski definition) is 5. The Bertz CT molecular complexity index is 695. The van der Waals surface area contributed by atoms with E-state index in [1.165, 1.54) is 0 Å². The third-order valence-electron chi connectivity index (χ3n) is 4.67. The Hall–Kier alpha value is -1.60. The van der Waals surface area contributed by atoms with Gasteiger partial charge in [0.2, 0.25) is 5.91 Å². The van der Waals surface area contributed by atoms with Crippen LogP contribution in [0.2, 0.25) is 0 Å². The van der Waals surface area contributed by atoms with Crippen molar-refractivity contribution in [2.75, 3.05) is 27.2 Å². The van der Waals surface area contributed by atoms with Crippen LogP contribution in [0.1, 0.15) is 38.7 Å². The summed E-state index contributed by atoms with van der Waals surface area (Å²) in [6.45, 7) is 5.19. The van der Waals surface area contributed by atoms with Crippen LogP contribution in [0.4, 0.5) is 0 Å². The molecule has 1 fully saturated rings. The maximum Gasteiger partial charge on any atom is 0.311 e. The molecule has 0 unspecified atom stereocenters. The zero-order chi connectivity index (χ0) is 19.3. The van der Waals surface area contributed by atoms with Crippen molar-refractivity contribution >= 4 is 16.0 Å². The van der Waals surface area contributed by atoms with Crippen molar-refractivity contribution in [1.29, 1.82) is 0 Å². The Morgan fingerprint density at radius 2 is 1.77 bits per heavy atom. The molecule has 0 N–H and O–H groups in total. The lowest BCUT2D eigenvalue weighted by Crippen LogP contribution is -2.41. The van der Waals surface area contributed by atoms with Gasteiger partial charge in [0.05, 0.1) is 5.25 Å². The molecule has 1 amide bonds. The summed E-state index contributed by atoms with van der Waals surface area (Å²) in [7, 11) is 0.391. The number of hydrogen-bond donors (Lipinski definition) is 0. The molecule has 0 radical (unpaired) electrons. The molecule has 0 heterocycles. The van der Waals surface area contributed by atoms with Gasteiger partial charge in [0, 0.05) is 25.6 Å². The fourth-order valence-electron chi connectivity index (χ4n) is 2.60. The molecule has 0 atom stereocenters.